The summed E-state index contributed by atoms with van der Waals surface area (Å²) in [4.78, 5) is 22.4. The molecule has 9 nitrogen and oxygen atoms in total. The molecule has 0 aliphatic rings. The minimum Gasteiger partial charge on any atom is -0.481 e. The first-order valence-corrected chi connectivity index (χ1v) is 10.8. The number of anilines is 1. The number of nitro groups is 1. The molecule has 10 heteroatoms. The van der Waals surface area contributed by atoms with Gasteiger partial charge < -0.3 is 10.1 Å². The van der Waals surface area contributed by atoms with Gasteiger partial charge in [0, 0.05) is 12.6 Å². The maximum Gasteiger partial charge on any atom is 0.274 e. The molecule has 2 rings (SSSR count). The number of benzene rings is 2. The van der Waals surface area contributed by atoms with Crippen LogP contribution in [0.3, 0.4) is 0 Å². The third-order valence-corrected chi connectivity index (χ3v) is 5.63. The number of carbonyl (C=O) groups excluding carboxylic acids is 1. The Morgan fingerprint density at radius 1 is 1.13 bits per heavy atom. The second kappa shape index (κ2) is 9.57. The molecule has 0 fully saturated rings. The van der Waals surface area contributed by atoms with Gasteiger partial charge in [-0.25, -0.2) is 8.42 Å². The average Bonchev–Trinajstić information content (AvgIpc) is 2.67. The lowest BCUT2D eigenvalue weighted by molar-refractivity contribution is -0.385. The van der Waals surface area contributed by atoms with E-state index in [1.54, 1.807) is 6.92 Å². The molecule has 2 N–H and O–H groups in total. The number of hydrogen-bond acceptors (Lipinski definition) is 6. The lowest BCUT2D eigenvalue weighted by Gasteiger charge is -2.16. The second-order valence-electron chi connectivity index (χ2n) is 7.18. The maximum atomic E-state index is 12.6. The van der Waals surface area contributed by atoms with Crippen LogP contribution in [0.15, 0.2) is 47.4 Å². The van der Waals surface area contributed by atoms with Crippen molar-refractivity contribution in [1.82, 2.24) is 5.32 Å². The Morgan fingerprint density at radius 2 is 1.77 bits per heavy atom. The first-order valence-electron chi connectivity index (χ1n) is 9.32. The lowest BCUT2D eigenvalue weighted by Crippen LogP contribution is -2.38. The molecule has 0 radical (unpaired) electrons. The molecule has 2 aromatic carbocycles. The Labute approximate surface area is 175 Å². The molecule has 30 heavy (non-hydrogen) atoms. The van der Waals surface area contributed by atoms with E-state index in [0.29, 0.717) is 18.2 Å². The average molecular weight is 436 g/mol. The van der Waals surface area contributed by atoms with Gasteiger partial charge in [0.05, 0.1) is 21.1 Å². The standard InChI is InChI=1S/C20H25N3O6S/c1-13(2)12-21-20(24)15(4)29-16-8-10-17(11-9-16)30(27,28)22-18-6-5-7-19(14(18)3)23(25)26/h5-11,13,15,22H,12H2,1-4H3,(H,21,24)/t15-/m0/s1. The fourth-order valence-corrected chi connectivity index (χ4v) is 3.66. The highest BCUT2D eigenvalue weighted by atomic mass is 32.2. The van der Waals surface area contributed by atoms with Gasteiger partial charge >= 0.3 is 0 Å². The topological polar surface area (TPSA) is 128 Å². The number of sulfonamides is 1. The number of nitrogens with one attached hydrogen (secondary N) is 2. The van der Waals surface area contributed by atoms with Crippen molar-refractivity contribution in [2.75, 3.05) is 11.3 Å². The highest BCUT2D eigenvalue weighted by Crippen LogP contribution is 2.27. The van der Waals surface area contributed by atoms with E-state index in [1.807, 2.05) is 13.8 Å². The quantitative estimate of drug-likeness (QED) is 0.460. The van der Waals surface area contributed by atoms with E-state index in [4.69, 9.17) is 4.74 Å². The summed E-state index contributed by atoms with van der Waals surface area (Å²) in [6.45, 7) is 7.57. The zero-order valence-corrected chi connectivity index (χ0v) is 18.0. The number of hydrogen-bond donors (Lipinski definition) is 2. The van der Waals surface area contributed by atoms with Crippen molar-refractivity contribution in [3.05, 3.63) is 58.1 Å². The van der Waals surface area contributed by atoms with E-state index in [0.717, 1.165) is 0 Å². The van der Waals surface area contributed by atoms with Crippen LogP contribution in [0.2, 0.25) is 0 Å². The Kier molecular flexibility index (Phi) is 7.38. The third-order valence-electron chi connectivity index (χ3n) is 4.25. The molecule has 0 saturated heterocycles. The summed E-state index contributed by atoms with van der Waals surface area (Å²) in [6, 6.07) is 9.73. The van der Waals surface area contributed by atoms with Crippen LogP contribution in [-0.4, -0.2) is 31.9 Å². The van der Waals surface area contributed by atoms with Crippen molar-refractivity contribution in [2.45, 2.75) is 38.7 Å². The molecule has 0 aliphatic carbocycles. The summed E-state index contributed by atoms with van der Waals surface area (Å²) in [7, 11) is -3.97. The minimum atomic E-state index is -3.97. The summed E-state index contributed by atoms with van der Waals surface area (Å²) < 4.78 is 33.2. The number of ether oxygens (including phenoxy) is 1. The molecule has 0 heterocycles. The highest BCUT2D eigenvalue weighted by Gasteiger charge is 2.20. The van der Waals surface area contributed by atoms with Crippen molar-refractivity contribution < 1.29 is 22.9 Å². The largest absolute Gasteiger partial charge is 0.481 e. The van der Waals surface area contributed by atoms with E-state index >= 15 is 0 Å². The normalized spacial score (nSPS) is 12.3. The summed E-state index contributed by atoms with van der Waals surface area (Å²) in [5, 5.41) is 13.8. The molecular weight excluding hydrogens is 410 g/mol. The van der Waals surface area contributed by atoms with Gasteiger partial charge in [0.2, 0.25) is 0 Å². The number of rotatable bonds is 9. The summed E-state index contributed by atoms with van der Waals surface area (Å²) in [5.41, 5.74) is 0.163. The smallest absolute Gasteiger partial charge is 0.274 e. The molecule has 0 unspecified atom stereocenters. The fourth-order valence-electron chi connectivity index (χ4n) is 2.54. The maximum absolute atomic E-state index is 12.6. The SMILES string of the molecule is Cc1c(NS(=O)(=O)c2ccc(O[C@@H](C)C(=O)NCC(C)C)cc2)cccc1[N+](=O)[O-]. The molecular formula is C20H25N3O6S. The Hall–Kier alpha value is -3.14. The summed E-state index contributed by atoms with van der Waals surface area (Å²) >= 11 is 0. The van der Waals surface area contributed by atoms with E-state index in [9.17, 15) is 23.3 Å². The molecule has 0 aliphatic heterocycles. The van der Waals surface area contributed by atoms with Crippen LogP contribution >= 0.6 is 0 Å². The predicted molar refractivity (Wildman–Crippen MR) is 113 cm³/mol. The summed E-state index contributed by atoms with van der Waals surface area (Å²) in [5.74, 6) is 0.392. The molecule has 0 spiro atoms. The van der Waals surface area contributed by atoms with Gasteiger partial charge in [-0.15, -0.1) is 0 Å². The Morgan fingerprint density at radius 3 is 2.33 bits per heavy atom. The van der Waals surface area contributed by atoms with Crippen LogP contribution in [0.4, 0.5) is 11.4 Å². The molecule has 0 aromatic heterocycles. The molecule has 0 saturated carbocycles. The van der Waals surface area contributed by atoms with Gasteiger partial charge in [0.1, 0.15) is 5.75 Å². The van der Waals surface area contributed by atoms with Crippen LogP contribution in [0.1, 0.15) is 26.3 Å². The van der Waals surface area contributed by atoms with Gasteiger partial charge in [0.15, 0.2) is 6.10 Å². The number of nitro benzene ring substituents is 1. The Balaban J connectivity index is 2.11. The van der Waals surface area contributed by atoms with E-state index in [-0.39, 0.29) is 27.7 Å². The number of nitrogens with zero attached hydrogens (tertiary/aromatic N) is 1. The fraction of sp³-hybridized carbons (Fsp3) is 0.350. The first kappa shape index (κ1) is 23.1. The van der Waals surface area contributed by atoms with Crippen LogP contribution in [0, 0.1) is 23.0 Å². The van der Waals surface area contributed by atoms with Crippen molar-refractivity contribution in [3.63, 3.8) is 0 Å². The highest BCUT2D eigenvalue weighted by molar-refractivity contribution is 7.92. The molecule has 1 amide bonds. The first-order chi connectivity index (χ1) is 14.0. The zero-order chi connectivity index (χ0) is 22.5. The zero-order valence-electron chi connectivity index (χ0n) is 17.2. The van der Waals surface area contributed by atoms with Crippen LogP contribution < -0.4 is 14.8 Å². The van der Waals surface area contributed by atoms with Gasteiger partial charge in [-0.1, -0.05) is 19.9 Å². The van der Waals surface area contributed by atoms with Gasteiger partial charge in [-0.3, -0.25) is 19.6 Å². The molecule has 0 bridgehead atoms. The molecule has 1 atom stereocenters. The van der Waals surface area contributed by atoms with E-state index in [2.05, 4.69) is 10.0 Å². The molecule has 162 valence electrons. The van der Waals surface area contributed by atoms with Crippen molar-refractivity contribution in [2.24, 2.45) is 5.92 Å². The summed E-state index contributed by atoms with van der Waals surface area (Å²) in [6.07, 6.45) is -0.739. The number of amides is 1. The van der Waals surface area contributed by atoms with E-state index < -0.39 is 21.1 Å². The van der Waals surface area contributed by atoms with Crippen molar-refractivity contribution in [3.8, 4) is 5.75 Å². The Bertz CT molecular complexity index is 1020. The molecule has 2 aromatic rings. The monoisotopic (exact) mass is 435 g/mol. The van der Waals surface area contributed by atoms with Crippen molar-refractivity contribution in [1.29, 1.82) is 0 Å². The van der Waals surface area contributed by atoms with Gasteiger partial charge in [-0.2, -0.15) is 0 Å². The third kappa shape index (κ3) is 5.93. The lowest BCUT2D eigenvalue weighted by atomic mass is 10.2. The van der Waals surface area contributed by atoms with Crippen LogP contribution in [-0.2, 0) is 14.8 Å². The van der Waals surface area contributed by atoms with Crippen LogP contribution in [0.25, 0.3) is 0 Å². The van der Waals surface area contributed by atoms with Crippen LogP contribution in [0.5, 0.6) is 5.75 Å². The van der Waals surface area contributed by atoms with Crippen molar-refractivity contribution >= 4 is 27.3 Å². The number of carbonyl (C=O) groups is 1. The minimum absolute atomic E-state index is 0.0438. The second-order valence-corrected chi connectivity index (χ2v) is 8.87. The van der Waals surface area contributed by atoms with Gasteiger partial charge in [-0.05, 0) is 50.1 Å². The van der Waals surface area contributed by atoms with Gasteiger partial charge in [0.25, 0.3) is 21.6 Å². The predicted octanol–water partition coefficient (Wildman–Crippen LogP) is 3.24. The van der Waals surface area contributed by atoms with E-state index in [1.165, 1.54) is 49.4 Å².